The second-order valence-electron chi connectivity index (χ2n) is 5.35. The largest absolute Gasteiger partial charge is 0.313 e. The number of hydrogen-bond acceptors (Lipinski definition) is 3. The number of rotatable bonds is 6. The van der Waals surface area contributed by atoms with Gasteiger partial charge in [-0.25, -0.2) is 8.42 Å². The maximum absolute atomic E-state index is 12.8. The van der Waals surface area contributed by atoms with E-state index in [1.54, 1.807) is 22.5 Å². The van der Waals surface area contributed by atoms with Gasteiger partial charge in [0, 0.05) is 24.2 Å². The minimum atomic E-state index is -3.42. The van der Waals surface area contributed by atoms with Gasteiger partial charge in [-0.05, 0) is 49.6 Å². The van der Waals surface area contributed by atoms with E-state index in [-0.39, 0.29) is 6.04 Å². The smallest absolute Gasteiger partial charge is 0.243 e. The molecule has 21 heavy (non-hydrogen) atoms. The molecule has 4 nitrogen and oxygen atoms in total. The summed E-state index contributed by atoms with van der Waals surface area (Å²) in [6, 6.07) is 5.12. The molecule has 1 aromatic rings. The van der Waals surface area contributed by atoms with E-state index in [2.05, 4.69) is 5.32 Å². The van der Waals surface area contributed by atoms with Crippen LogP contribution in [0.5, 0.6) is 0 Å². The lowest BCUT2D eigenvalue weighted by atomic mass is 10.2. The Morgan fingerprint density at radius 1 is 1.38 bits per heavy atom. The molecule has 0 radical (unpaired) electrons. The quantitative estimate of drug-likeness (QED) is 0.872. The van der Waals surface area contributed by atoms with Crippen molar-refractivity contribution in [3.63, 3.8) is 0 Å². The van der Waals surface area contributed by atoms with Gasteiger partial charge in [-0.3, -0.25) is 0 Å². The predicted octanol–water partition coefficient (Wildman–Crippen LogP) is 3.01. The molecule has 1 atom stereocenters. The molecule has 1 aromatic carbocycles. The van der Waals surface area contributed by atoms with Crippen LogP contribution in [0.15, 0.2) is 23.1 Å². The van der Waals surface area contributed by atoms with Crippen LogP contribution in [0.4, 0.5) is 0 Å². The van der Waals surface area contributed by atoms with E-state index in [1.165, 1.54) is 0 Å². The number of sulfonamides is 1. The van der Waals surface area contributed by atoms with Gasteiger partial charge >= 0.3 is 0 Å². The molecular weight excluding hydrogens is 308 g/mol. The van der Waals surface area contributed by atoms with E-state index < -0.39 is 10.0 Å². The molecule has 1 N–H and O–H groups in total. The van der Waals surface area contributed by atoms with Crippen molar-refractivity contribution in [2.45, 2.75) is 50.6 Å². The van der Waals surface area contributed by atoms with Gasteiger partial charge < -0.3 is 5.32 Å². The molecule has 0 bridgehead atoms. The van der Waals surface area contributed by atoms with Gasteiger partial charge in [0.25, 0.3) is 0 Å². The van der Waals surface area contributed by atoms with E-state index >= 15 is 0 Å². The highest BCUT2D eigenvalue weighted by Gasteiger charge is 2.34. The van der Waals surface area contributed by atoms with Gasteiger partial charge in [-0.1, -0.05) is 25.4 Å². The van der Waals surface area contributed by atoms with Crippen LogP contribution in [0.3, 0.4) is 0 Å². The Kier molecular flexibility index (Phi) is 5.66. The van der Waals surface area contributed by atoms with Crippen LogP contribution in [0, 0.1) is 0 Å². The van der Waals surface area contributed by atoms with Gasteiger partial charge in [0.15, 0.2) is 0 Å². The standard InChI is InChI=1S/C15H23ClN2O2S/c1-3-13-6-5-9-18(13)21(19,20)14-7-8-15(16)12(10-14)11-17-4-2/h7-8,10,13,17H,3-6,9,11H2,1-2H3. The van der Waals surface area contributed by atoms with Crippen molar-refractivity contribution in [2.24, 2.45) is 0 Å². The van der Waals surface area contributed by atoms with Crippen molar-refractivity contribution in [2.75, 3.05) is 13.1 Å². The topological polar surface area (TPSA) is 49.4 Å². The Labute approximate surface area is 132 Å². The average molecular weight is 331 g/mol. The molecule has 0 spiro atoms. The van der Waals surface area contributed by atoms with Crippen LogP contribution in [-0.2, 0) is 16.6 Å². The minimum absolute atomic E-state index is 0.128. The number of nitrogens with zero attached hydrogens (tertiary/aromatic N) is 1. The molecule has 0 amide bonds. The third kappa shape index (κ3) is 3.59. The van der Waals surface area contributed by atoms with Crippen LogP contribution < -0.4 is 5.32 Å². The highest BCUT2D eigenvalue weighted by atomic mass is 35.5. The first-order valence-electron chi connectivity index (χ1n) is 7.51. The van der Waals surface area contributed by atoms with E-state index in [4.69, 9.17) is 11.6 Å². The Balaban J connectivity index is 2.31. The zero-order chi connectivity index (χ0) is 15.5. The average Bonchev–Trinajstić information content (AvgIpc) is 2.95. The molecule has 0 aromatic heterocycles. The molecular formula is C15H23ClN2O2S. The Hall–Kier alpha value is -0.620. The zero-order valence-corrected chi connectivity index (χ0v) is 14.2. The summed E-state index contributed by atoms with van der Waals surface area (Å²) in [7, 11) is -3.42. The number of hydrogen-bond donors (Lipinski definition) is 1. The van der Waals surface area contributed by atoms with Gasteiger partial charge in [-0.15, -0.1) is 0 Å². The first kappa shape index (κ1) is 16.7. The second-order valence-corrected chi connectivity index (χ2v) is 7.65. The van der Waals surface area contributed by atoms with E-state index in [0.29, 0.717) is 23.0 Å². The molecule has 1 fully saturated rings. The predicted molar refractivity (Wildman–Crippen MR) is 86.0 cm³/mol. The fourth-order valence-corrected chi connectivity index (χ4v) is 4.78. The molecule has 6 heteroatoms. The van der Waals surface area contributed by atoms with Gasteiger partial charge in [0.1, 0.15) is 0 Å². The van der Waals surface area contributed by atoms with Crippen molar-refractivity contribution >= 4 is 21.6 Å². The molecule has 1 saturated heterocycles. The lowest BCUT2D eigenvalue weighted by Crippen LogP contribution is -2.35. The Bertz CT molecular complexity index is 589. The van der Waals surface area contributed by atoms with Crippen LogP contribution in [-0.4, -0.2) is 31.9 Å². The molecule has 1 aliphatic heterocycles. The maximum atomic E-state index is 12.8. The first-order chi connectivity index (χ1) is 10.0. The molecule has 1 aliphatic rings. The SMILES string of the molecule is CCNCc1cc(S(=O)(=O)N2CCCC2CC)ccc1Cl. The monoisotopic (exact) mass is 330 g/mol. The number of benzene rings is 1. The van der Waals surface area contributed by atoms with Crippen LogP contribution in [0.2, 0.25) is 5.02 Å². The third-order valence-electron chi connectivity index (χ3n) is 3.98. The third-order valence-corrected chi connectivity index (χ3v) is 6.30. The molecule has 0 aliphatic carbocycles. The lowest BCUT2D eigenvalue weighted by Gasteiger charge is -2.23. The normalized spacial score (nSPS) is 20.0. The summed E-state index contributed by atoms with van der Waals surface area (Å²) in [5.74, 6) is 0. The highest BCUT2D eigenvalue weighted by Crippen LogP contribution is 2.29. The number of nitrogens with one attached hydrogen (secondary N) is 1. The number of halogens is 1. The van der Waals surface area contributed by atoms with Gasteiger partial charge in [0.2, 0.25) is 10.0 Å². The first-order valence-corrected chi connectivity index (χ1v) is 9.33. The summed E-state index contributed by atoms with van der Waals surface area (Å²) in [5, 5.41) is 3.78. The van der Waals surface area contributed by atoms with E-state index in [0.717, 1.165) is 31.4 Å². The van der Waals surface area contributed by atoms with Crippen LogP contribution in [0.25, 0.3) is 0 Å². The van der Waals surface area contributed by atoms with Crippen molar-refractivity contribution in [3.05, 3.63) is 28.8 Å². The lowest BCUT2D eigenvalue weighted by molar-refractivity contribution is 0.379. The van der Waals surface area contributed by atoms with Crippen LogP contribution >= 0.6 is 11.6 Å². The molecule has 1 heterocycles. The Morgan fingerprint density at radius 3 is 2.81 bits per heavy atom. The summed E-state index contributed by atoms with van der Waals surface area (Å²) < 4.78 is 27.3. The molecule has 0 saturated carbocycles. The van der Waals surface area contributed by atoms with E-state index in [1.807, 2.05) is 13.8 Å². The summed E-state index contributed by atoms with van der Waals surface area (Å²) in [5.41, 5.74) is 0.826. The molecule has 2 rings (SSSR count). The van der Waals surface area contributed by atoms with Crippen molar-refractivity contribution in [1.29, 1.82) is 0 Å². The van der Waals surface area contributed by atoms with Gasteiger partial charge in [0.05, 0.1) is 4.90 Å². The highest BCUT2D eigenvalue weighted by molar-refractivity contribution is 7.89. The van der Waals surface area contributed by atoms with Crippen molar-refractivity contribution < 1.29 is 8.42 Å². The summed E-state index contributed by atoms with van der Waals surface area (Å²) in [4.78, 5) is 0.347. The maximum Gasteiger partial charge on any atom is 0.243 e. The zero-order valence-electron chi connectivity index (χ0n) is 12.6. The van der Waals surface area contributed by atoms with Gasteiger partial charge in [-0.2, -0.15) is 4.31 Å². The van der Waals surface area contributed by atoms with Crippen LogP contribution in [0.1, 0.15) is 38.7 Å². The fraction of sp³-hybridized carbons (Fsp3) is 0.600. The fourth-order valence-electron chi connectivity index (χ4n) is 2.78. The molecule has 118 valence electrons. The molecule has 1 unspecified atom stereocenters. The van der Waals surface area contributed by atoms with Crippen molar-refractivity contribution in [3.8, 4) is 0 Å². The second kappa shape index (κ2) is 7.09. The summed E-state index contributed by atoms with van der Waals surface area (Å²) in [6.45, 7) is 6.06. The minimum Gasteiger partial charge on any atom is -0.313 e. The summed E-state index contributed by atoms with van der Waals surface area (Å²) in [6.07, 6.45) is 2.75. The Morgan fingerprint density at radius 2 is 2.14 bits per heavy atom. The summed E-state index contributed by atoms with van der Waals surface area (Å²) >= 11 is 6.15. The van der Waals surface area contributed by atoms with Crippen molar-refractivity contribution in [1.82, 2.24) is 9.62 Å². The van der Waals surface area contributed by atoms with E-state index in [9.17, 15) is 8.42 Å².